The van der Waals surface area contributed by atoms with Gasteiger partial charge in [-0.05, 0) is 45.0 Å². The Morgan fingerprint density at radius 2 is 2.20 bits per heavy atom. The second-order valence-electron chi connectivity index (χ2n) is 4.08. The Bertz CT molecular complexity index is 459. The summed E-state index contributed by atoms with van der Waals surface area (Å²) in [5.74, 6) is 0.981. The van der Waals surface area contributed by atoms with Crippen LogP contribution in [-0.4, -0.2) is 13.1 Å². The molecule has 0 saturated carbocycles. The molecular weight excluding hydrogens is 186 g/mol. The lowest BCUT2D eigenvalue weighted by Crippen LogP contribution is -2.23. The molecule has 0 radical (unpaired) electrons. The third-order valence-corrected chi connectivity index (χ3v) is 2.79. The first-order chi connectivity index (χ1) is 7.20. The van der Waals surface area contributed by atoms with Gasteiger partial charge in [0.1, 0.15) is 11.3 Å². The summed E-state index contributed by atoms with van der Waals surface area (Å²) in [6, 6.07) is 8.86. The first-order valence-electron chi connectivity index (χ1n) is 5.36. The number of rotatable bonds is 3. The van der Waals surface area contributed by atoms with Gasteiger partial charge in [0.05, 0.1) is 0 Å². The summed E-state index contributed by atoms with van der Waals surface area (Å²) in [6.07, 6.45) is 1.03. The van der Waals surface area contributed by atoms with Crippen molar-refractivity contribution in [3.8, 4) is 0 Å². The molecule has 0 saturated heterocycles. The lowest BCUT2D eigenvalue weighted by Gasteiger charge is -2.10. The number of hydrogen-bond donors (Lipinski definition) is 1. The van der Waals surface area contributed by atoms with Crippen LogP contribution in [-0.2, 0) is 6.42 Å². The van der Waals surface area contributed by atoms with Gasteiger partial charge >= 0.3 is 0 Å². The number of nitrogens with one attached hydrogen (secondary N) is 1. The van der Waals surface area contributed by atoms with E-state index in [1.165, 1.54) is 10.9 Å². The van der Waals surface area contributed by atoms with Crippen molar-refractivity contribution in [1.82, 2.24) is 5.32 Å². The van der Waals surface area contributed by atoms with E-state index in [1.54, 1.807) is 0 Å². The van der Waals surface area contributed by atoms with Gasteiger partial charge in [0, 0.05) is 11.4 Å². The van der Waals surface area contributed by atoms with Gasteiger partial charge < -0.3 is 9.73 Å². The van der Waals surface area contributed by atoms with Gasteiger partial charge in [0.25, 0.3) is 0 Å². The molecule has 1 aromatic carbocycles. The van der Waals surface area contributed by atoms with Gasteiger partial charge in [0.2, 0.25) is 0 Å². The van der Waals surface area contributed by atoms with Gasteiger partial charge in [-0.3, -0.25) is 0 Å². The predicted octanol–water partition coefficient (Wildman–Crippen LogP) is 2.89. The molecule has 0 aliphatic rings. The SMILES string of the molecule is CNC(C)Cc1cccc2oc(C)cc12. The molecule has 2 aromatic rings. The molecule has 2 rings (SSSR count). The maximum atomic E-state index is 5.60. The molecule has 1 unspecified atom stereocenters. The van der Waals surface area contributed by atoms with E-state index < -0.39 is 0 Å². The van der Waals surface area contributed by atoms with Crippen molar-refractivity contribution in [2.45, 2.75) is 26.3 Å². The fourth-order valence-corrected chi connectivity index (χ4v) is 1.86. The lowest BCUT2D eigenvalue weighted by molar-refractivity contribution is 0.578. The van der Waals surface area contributed by atoms with Gasteiger partial charge in [-0.1, -0.05) is 12.1 Å². The van der Waals surface area contributed by atoms with Crippen LogP contribution in [0.25, 0.3) is 11.0 Å². The molecule has 0 aliphatic carbocycles. The van der Waals surface area contributed by atoms with E-state index in [9.17, 15) is 0 Å². The molecule has 1 N–H and O–H groups in total. The van der Waals surface area contributed by atoms with Crippen molar-refractivity contribution in [1.29, 1.82) is 0 Å². The largest absolute Gasteiger partial charge is 0.461 e. The molecule has 0 aliphatic heterocycles. The highest BCUT2D eigenvalue weighted by molar-refractivity contribution is 5.81. The van der Waals surface area contributed by atoms with E-state index in [2.05, 4.69) is 30.4 Å². The summed E-state index contributed by atoms with van der Waals surface area (Å²) < 4.78 is 5.60. The van der Waals surface area contributed by atoms with E-state index >= 15 is 0 Å². The molecule has 1 aromatic heterocycles. The zero-order chi connectivity index (χ0) is 10.8. The van der Waals surface area contributed by atoms with Crippen LogP contribution in [0.3, 0.4) is 0 Å². The second kappa shape index (κ2) is 4.07. The standard InChI is InChI=1S/C13H17NO/c1-9(14-3)7-11-5-4-6-13-12(11)8-10(2)15-13/h4-6,8-9,14H,7H2,1-3H3. The second-order valence-corrected chi connectivity index (χ2v) is 4.08. The molecule has 0 spiro atoms. The predicted molar refractivity (Wildman–Crippen MR) is 63.2 cm³/mol. The minimum absolute atomic E-state index is 0.491. The van der Waals surface area contributed by atoms with Crippen LogP contribution >= 0.6 is 0 Å². The van der Waals surface area contributed by atoms with Crippen LogP contribution in [0.15, 0.2) is 28.7 Å². The number of fused-ring (bicyclic) bond motifs is 1. The highest BCUT2D eigenvalue weighted by Crippen LogP contribution is 2.23. The molecule has 1 atom stereocenters. The van der Waals surface area contributed by atoms with Crippen molar-refractivity contribution in [3.63, 3.8) is 0 Å². The van der Waals surface area contributed by atoms with Crippen LogP contribution in [0.4, 0.5) is 0 Å². The highest BCUT2D eigenvalue weighted by atomic mass is 16.3. The molecule has 0 fully saturated rings. The number of likely N-dealkylation sites (N-methyl/N-ethyl adjacent to an activating group) is 1. The van der Waals surface area contributed by atoms with E-state index in [4.69, 9.17) is 4.42 Å². The van der Waals surface area contributed by atoms with E-state index in [0.717, 1.165) is 17.8 Å². The van der Waals surface area contributed by atoms with Gasteiger partial charge in [-0.25, -0.2) is 0 Å². The number of hydrogen-bond acceptors (Lipinski definition) is 2. The summed E-state index contributed by atoms with van der Waals surface area (Å²) in [4.78, 5) is 0. The number of aryl methyl sites for hydroxylation is 1. The monoisotopic (exact) mass is 203 g/mol. The van der Waals surface area contributed by atoms with Gasteiger partial charge in [-0.15, -0.1) is 0 Å². The van der Waals surface area contributed by atoms with Crippen LogP contribution in [0.2, 0.25) is 0 Å². The van der Waals surface area contributed by atoms with Crippen molar-refractivity contribution in [3.05, 3.63) is 35.6 Å². The van der Waals surface area contributed by atoms with E-state index in [-0.39, 0.29) is 0 Å². The molecule has 2 nitrogen and oxygen atoms in total. The third-order valence-electron chi connectivity index (χ3n) is 2.79. The first kappa shape index (κ1) is 10.2. The zero-order valence-electron chi connectivity index (χ0n) is 9.50. The molecular formula is C13H17NO. The van der Waals surface area contributed by atoms with Gasteiger partial charge in [-0.2, -0.15) is 0 Å². The van der Waals surface area contributed by atoms with E-state index in [0.29, 0.717) is 6.04 Å². The smallest absolute Gasteiger partial charge is 0.134 e. The van der Waals surface area contributed by atoms with Crippen molar-refractivity contribution < 1.29 is 4.42 Å². The maximum absolute atomic E-state index is 5.60. The number of benzene rings is 1. The molecule has 80 valence electrons. The van der Waals surface area contributed by atoms with Crippen LogP contribution in [0.5, 0.6) is 0 Å². The van der Waals surface area contributed by atoms with Crippen molar-refractivity contribution >= 4 is 11.0 Å². The first-order valence-corrected chi connectivity index (χ1v) is 5.36. The maximum Gasteiger partial charge on any atom is 0.134 e. The Balaban J connectivity index is 2.41. The normalized spacial score (nSPS) is 13.3. The Labute approximate surface area is 90.3 Å². The Kier molecular flexibility index (Phi) is 2.78. The van der Waals surface area contributed by atoms with Crippen LogP contribution in [0.1, 0.15) is 18.2 Å². The van der Waals surface area contributed by atoms with Crippen molar-refractivity contribution in [2.24, 2.45) is 0 Å². The van der Waals surface area contributed by atoms with Gasteiger partial charge in [0.15, 0.2) is 0 Å². The fourth-order valence-electron chi connectivity index (χ4n) is 1.86. The lowest BCUT2D eigenvalue weighted by atomic mass is 10.0. The minimum atomic E-state index is 0.491. The topological polar surface area (TPSA) is 25.2 Å². The average molecular weight is 203 g/mol. The minimum Gasteiger partial charge on any atom is -0.461 e. The third kappa shape index (κ3) is 2.05. The Morgan fingerprint density at radius 1 is 1.40 bits per heavy atom. The number of furan rings is 1. The Morgan fingerprint density at radius 3 is 2.93 bits per heavy atom. The Hall–Kier alpha value is -1.28. The molecule has 0 bridgehead atoms. The summed E-state index contributed by atoms with van der Waals surface area (Å²) >= 11 is 0. The summed E-state index contributed by atoms with van der Waals surface area (Å²) in [6.45, 7) is 4.18. The van der Waals surface area contributed by atoms with Crippen LogP contribution in [0, 0.1) is 6.92 Å². The fraction of sp³-hybridized carbons (Fsp3) is 0.385. The summed E-state index contributed by atoms with van der Waals surface area (Å²) in [5, 5.41) is 4.50. The zero-order valence-corrected chi connectivity index (χ0v) is 9.50. The van der Waals surface area contributed by atoms with E-state index in [1.807, 2.05) is 20.0 Å². The average Bonchev–Trinajstić information content (AvgIpc) is 2.59. The summed E-state index contributed by atoms with van der Waals surface area (Å²) in [5.41, 5.74) is 2.35. The molecule has 0 amide bonds. The highest BCUT2D eigenvalue weighted by Gasteiger charge is 2.07. The summed E-state index contributed by atoms with van der Waals surface area (Å²) in [7, 11) is 1.99. The molecule has 1 heterocycles. The van der Waals surface area contributed by atoms with Crippen molar-refractivity contribution in [2.75, 3.05) is 7.05 Å². The quantitative estimate of drug-likeness (QED) is 0.829. The molecule has 2 heteroatoms. The van der Waals surface area contributed by atoms with Crippen LogP contribution < -0.4 is 5.32 Å². The molecule has 15 heavy (non-hydrogen) atoms.